The van der Waals surface area contributed by atoms with E-state index in [4.69, 9.17) is 18.6 Å². The quantitative estimate of drug-likeness (QED) is 0.0927. The van der Waals surface area contributed by atoms with Gasteiger partial charge in [0.1, 0.15) is 17.3 Å². The van der Waals surface area contributed by atoms with Crippen LogP contribution < -0.4 is 18.6 Å². The standard InChI is InChI=1S/3C15H12O2.ClHO4.Zr/c3*16-14(12-7-3-1-4-8-12)11-15(17)13-9-5-2-6-10-13;2-1(3,4)5;/h3*1-11,16H;(H,2,3,4,5);/p-1/b3*14-11+;;. The monoisotopic (exact) mass is 861 g/mol. The fraction of sp³-hybridized carbons (Fsp3) is 0. The largest absolute Gasteiger partial charge is 0.507 e. The molecule has 0 bridgehead atoms. The van der Waals surface area contributed by atoms with Crippen molar-refractivity contribution in [1.29, 1.82) is 0 Å². The summed E-state index contributed by atoms with van der Waals surface area (Å²) in [6.07, 6.45) is 3.72. The summed E-state index contributed by atoms with van der Waals surface area (Å²) in [6.45, 7) is 0. The molecule has 0 saturated heterocycles. The van der Waals surface area contributed by atoms with Gasteiger partial charge in [0.05, 0.1) is 0 Å². The number of hydrogen-bond donors (Lipinski definition) is 3. The van der Waals surface area contributed by atoms with Gasteiger partial charge in [0, 0.05) is 77.8 Å². The van der Waals surface area contributed by atoms with Gasteiger partial charge in [-0.05, 0) is 0 Å². The van der Waals surface area contributed by atoms with Gasteiger partial charge in [0.2, 0.25) is 0 Å². The van der Waals surface area contributed by atoms with Crippen LogP contribution in [0.15, 0.2) is 200 Å². The Morgan fingerprint density at radius 3 is 0.632 bits per heavy atom. The molecule has 0 aromatic heterocycles. The number of carbonyl (C=O) groups is 3. The normalized spacial score (nSPS) is 11.1. The first kappa shape index (κ1) is 47.1. The molecule has 0 saturated carbocycles. The van der Waals surface area contributed by atoms with Crippen molar-refractivity contribution in [3.8, 4) is 0 Å². The molecule has 6 aromatic rings. The SMILES string of the molecule is O=C(/C=C(/O)c1ccccc1)c1ccccc1.O=C(/C=C(/O)c1ccccc1)c1ccccc1.O=C(/C=C(/O)c1ccccc1)c1ccccc1.[O-][Cl+3]([O-])([O-])[O-].[Zr]. The molecule has 0 unspecified atom stereocenters. The summed E-state index contributed by atoms with van der Waals surface area (Å²) < 4.78 is 34.0. The van der Waals surface area contributed by atoms with Gasteiger partial charge < -0.3 is 15.3 Å². The van der Waals surface area contributed by atoms with Crippen molar-refractivity contribution < 1.29 is 84.8 Å². The third-order valence-electron chi connectivity index (χ3n) is 7.19. The van der Waals surface area contributed by atoms with Crippen LogP contribution in [0.4, 0.5) is 0 Å². The van der Waals surface area contributed by atoms with Crippen molar-refractivity contribution in [2.75, 3.05) is 0 Å². The van der Waals surface area contributed by atoms with Gasteiger partial charge >= 0.3 is 0 Å². The molecule has 10 nitrogen and oxygen atoms in total. The van der Waals surface area contributed by atoms with Crippen molar-refractivity contribution >= 4 is 34.6 Å². The third kappa shape index (κ3) is 18.9. The molecule has 12 heteroatoms. The number of benzene rings is 6. The Kier molecular flexibility index (Phi) is 20.8. The molecule has 0 aliphatic heterocycles. The molecule has 0 aliphatic rings. The summed E-state index contributed by atoms with van der Waals surface area (Å²) in [5.74, 6) is -0.649. The minimum Gasteiger partial charge on any atom is -0.507 e. The molecule has 6 rings (SSSR count). The number of hydrogen-bond acceptors (Lipinski definition) is 10. The first-order valence-electron chi connectivity index (χ1n) is 16.6. The number of carbonyl (C=O) groups excluding carboxylic acids is 3. The van der Waals surface area contributed by atoms with Gasteiger partial charge in [-0.1, -0.05) is 182 Å². The van der Waals surface area contributed by atoms with Crippen LogP contribution in [0.1, 0.15) is 47.8 Å². The predicted octanol–water partition coefficient (Wildman–Crippen LogP) is 5.65. The van der Waals surface area contributed by atoms with E-state index in [0.717, 1.165) is 0 Å². The number of halogens is 1. The van der Waals surface area contributed by atoms with Crippen LogP contribution in [0.25, 0.3) is 17.3 Å². The Labute approximate surface area is 351 Å². The maximum absolute atomic E-state index is 11.8. The van der Waals surface area contributed by atoms with Crippen molar-refractivity contribution in [3.63, 3.8) is 0 Å². The van der Waals surface area contributed by atoms with E-state index >= 15 is 0 Å². The van der Waals surface area contributed by atoms with Crippen LogP contribution in [0.5, 0.6) is 0 Å². The van der Waals surface area contributed by atoms with E-state index < -0.39 is 10.2 Å². The number of aliphatic hydroxyl groups excluding tert-OH is 3. The molecule has 0 aliphatic carbocycles. The minimum atomic E-state index is -4.94. The van der Waals surface area contributed by atoms with E-state index in [2.05, 4.69) is 0 Å². The first-order valence-corrected chi connectivity index (χ1v) is 17.8. The Bertz CT molecular complexity index is 1940. The molecular weight excluding hydrogens is 827 g/mol. The van der Waals surface area contributed by atoms with Gasteiger partial charge in [-0.25, -0.2) is 18.6 Å². The fourth-order valence-electron chi connectivity index (χ4n) is 4.51. The van der Waals surface area contributed by atoms with Crippen LogP contribution >= 0.6 is 0 Å². The second-order valence-corrected chi connectivity index (χ2v) is 12.0. The van der Waals surface area contributed by atoms with Crippen LogP contribution in [-0.2, 0) is 26.2 Å². The maximum atomic E-state index is 11.8. The van der Waals surface area contributed by atoms with Gasteiger partial charge in [-0.15, -0.1) is 10.2 Å². The number of aliphatic hydroxyl groups is 3. The van der Waals surface area contributed by atoms with Crippen molar-refractivity contribution in [3.05, 3.63) is 234 Å². The zero-order valence-electron chi connectivity index (χ0n) is 30.1. The summed E-state index contributed by atoms with van der Waals surface area (Å²) in [5, 5.41) is 29.4. The summed E-state index contributed by atoms with van der Waals surface area (Å²) in [7, 11) is -4.94. The van der Waals surface area contributed by atoms with Crippen molar-refractivity contribution in [2.24, 2.45) is 0 Å². The van der Waals surface area contributed by atoms with Gasteiger partial charge in [0.25, 0.3) is 0 Å². The van der Waals surface area contributed by atoms with E-state index in [1.54, 1.807) is 109 Å². The second-order valence-electron chi connectivity index (χ2n) is 11.3. The topological polar surface area (TPSA) is 204 Å². The zero-order valence-corrected chi connectivity index (χ0v) is 33.3. The molecule has 0 amide bonds. The van der Waals surface area contributed by atoms with Crippen molar-refractivity contribution in [1.82, 2.24) is 0 Å². The average molecular weight is 863 g/mol. The molecule has 0 heterocycles. The molecule has 3 N–H and O–H groups in total. The van der Waals surface area contributed by atoms with Gasteiger partial charge in [-0.2, -0.15) is 0 Å². The van der Waals surface area contributed by atoms with Crippen molar-refractivity contribution in [2.45, 2.75) is 0 Å². The Morgan fingerprint density at radius 1 is 0.333 bits per heavy atom. The molecule has 288 valence electrons. The van der Waals surface area contributed by atoms with E-state index in [-0.39, 0.29) is 60.8 Å². The Hall–Kier alpha value is -6.04. The van der Waals surface area contributed by atoms with Crippen LogP contribution in [0.2, 0.25) is 0 Å². The predicted molar refractivity (Wildman–Crippen MR) is 203 cm³/mol. The summed E-state index contributed by atoms with van der Waals surface area (Å²) in [5.41, 5.74) is 3.60. The Balaban J connectivity index is 0.000000276. The van der Waals surface area contributed by atoms with Crippen LogP contribution in [0.3, 0.4) is 0 Å². The molecule has 0 atom stereocenters. The summed E-state index contributed by atoms with van der Waals surface area (Å²) in [4.78, 5) is 35.4. The fourth-order valence-corrected chi connectivity index (χ4v) is 4.51. The summed E-state index contributed by atoms with van der Waals surface area (Å²) >= 11 is 0. The van der Waals surface area contributed by atoms with E-state index in [1.807, 2.05) is 72.8 Å². The first-order chi connectivity index (χ1) is 26.8. The molecule has 0 spiro atoms. The number of rotatable bonds is 9. The maximum Gasteiger partial charge on any atom is 0.189 e. The molecule has 0 radical (unpaired) electrons. The second kappa shape index (κ2) is 25.2. The molecular formula is C45H36ClO10Zr-. The van der Waals surface area contributed by atoms with E-state index in [0.29, 0.717) is 33.4 Å². The zero-order chi connectivity index (χ0) is 40.8. The molecule has 6 aromatic carbocycles. The van der Waals surface area contributed by atoms with E-state index in [9.17, 15) is 29.7 Å². The minimum absolute atomic E-state index is 0. The van der Waals surface area contributed by atoms with Gasteiger partial charge in [-0.3, -0.25) is 14.4 Å². The Morgan fingerprint density at radius 2 is 0.474 bits per heavy atom. The van der Waals surface area contributed by atoms with Crippen LogP contribution in [-0.4, -0.2) is 32.7 Å². The smallest absolute Gasteiger partial charge is 0.189 e. The van der Waals surface area contributed by atoms with Gasteiger partial charge in [0.15, 0.2) is 17.3 Å². The number of ketones is 3. The summed E-state index contributed by atoms with van der Waals surface area (Å²) in [6, 6.07) is 53.6. The third-order valence-corrected chi connectivity index (χ3v) is 7.19. The van der Waals surface area contributed by atoms with Crippen LogP contribution in [0, 0.1) is 10.2 Å². The van der Waals surface area contributed by atoms with E-state index in [1.165, 1.54) is 18.2 Å². The molecule has 57 heavy (non-hydrogen) atoms. The average Bonchev–Trinajstić information content (AvgIpc) is 3.22. The number of allylic oxidation sites excluding steroid dienone is 3. The molecule has 0 fully saturated rings.